The second-order valence-corrected chi connectivity index (χ2v) is 7.97. The van der Waals surface area contributed by atoms with Crippen molar-refractivity contribution in [2.75, 3.05) is 32.7 Å². The second kappa shape index (κ2) is 12.5. The quantitative estimate of drug-likeness (QED) is 0.654. The molecule has 1 fully saturated rings. The van der Waals surface area contributed by atoms with Gasteiger partial charge in [-0.3, -0.25) is 14.7 Å². The molecule has 3 aromatic rings. The van der Waals surface area contributed by atoms with Gasteiger partial charge in [-0.2, -0.15) is 5.26 Å². The first kappa shape index (κ1) is 24.1. The number of rotatable bonds is 5. The summed E-state index contributed by atoms with van der Waals surface area (Å²) in [7, 11) is 0. The normalized spacial score (nSPS) is 14.7. The molecule has 0 saturated carbocycles. The molecule has 6 heteroatoms. The minimum absolute atomic E-state index is 0.101. The van der Waals surface area contributed by atoms with Crippen molar-refractivity contribution < 1.29 is 4.79 Å². The molecule has 1 amide bonds. The van der Waals surface area contributed by atoms with E-state index < -0.39 is 0 Å². The van der Waals surface area contributed by atoms with Crippen LogP contribution in [0.2, 0.25) is 0 Å². The van der Waals surface area contributed by atoms with Crippen LogP contribution in [0.3, 0.4) is 0 Å². The predicted molar refractivity (Wildman–Crippen MR) is 130 cm³/mol. The van der Waals surface area contributed by atoms with Gasteiger partial charge in [0.25, 0.3) is 0 Å². The summed E-state index contributed by atoms with van der Waals surface area (Å²) in [6.07, 6.45) is 3.43. The Kier molecular flexibility index (Phi) is 9.13. The van der Waals surface area contributed by atoms with E-state index in [1.165, 1.54) is 11.1 Å². The van der Waals surface area contributed by atoms with Crippen LogP contribution in [0.25, 0.3) is 0 Å². The zero-order chi connectivity index (χ0) is 23.5. The topological polar surface area (TPSA) is 86.2 Å². The third kappa shape index (κ3) is 6.72. The molecule has 0 spiro atoms. The average molecular weight is 442 g/mol. The molecule has 0 aliphatic carbocycles. The van der Waals surface area contributed by atoms with Gasteiger partial charge in [-0.1, -0.05) is 66.7 Å². The number of hydrogen-bond donors (Lipinski definition) is 1. The lowest BCUT2D eigenvalue weighted by atomic mass is 9.92. The number of amides is 1. The maximum absolute atomic E-state index is 11.2. The number of aromatic nitrogens is 1. The number of benzene rings is 2. The molecule has 1 aliphatic heterocycles. The molecule has 2 aromatic carbocycles. The van der Waals surface area contributed by atoms with E-state index in [4.69, 9.17) is 5.73 Å². The Morgan fingerprint density at radius 1 is 0.939 bits per heavy atom. The molecule has 33 heavy (non-hydrogen) atoms. The summed E-state index contributed by atoms with van der Waals surface area (Å²) in [4.78, 5) is 19.2. The van der Waals surface area contributed by atoms with Crippen LogP contribution in [-0.2, 0) is 4.79 Å². The second-order valence-electron chi connectivity index (χ2n) is 7.97. The number of nitrogens with two attached hydrogens (primary N) is 1. The first-order chi connectivity index (χ1) is 16.1. The van der Waals surface area contributed by atoms with Gasteiger partial charge in [0.2, 0.25) is 5.91 Å². The van der Waals surface area contributed by atoms with Crippen LogP contribution in [-0.4, -0.2) is 53.4 Å². The van der Waals surface area contributed by atoms with Crippen molar-refractivity contribution in [1.29, 1.82) is 5.26 Å². The van der Waals surface area contributed by atoms with Crippen LogP contribution >= 0.6 is 0 Å². The molecule has 1 aliphatic rings. The Labute approximate surface area is 196 Å². The van der Waals surface area contributed by atoms with Crippen molar-refractivity contribution in [2.45, 2.75) is 18.9 Å². The van der Waals surface area contributed by atoms with Crippen LogP contribution in [0.5, 0.6) is 0 Å². The van der Waals surface area contributed by atoms with Gasteiger partial charge in [0.05, 0.1) is 6.07 Å². The molecule has 0 bridgehead atoms. The summed E-state index contributed by atoms with van der Waals surface area (Å²) in [6, 6.07) is 26.6. The molecule has 6 nitrogen and oxygen atoms in total. The lowest BCUT2D eigenvalue weighted by molar-refractivity contribution is -0.130. The van der Waals surface area contributed by atoms with E-state index in [2.05, 4.69) is 64.5 Å². The van der Waals surface area contributed by atoms with Crippen molar-refractivity contribution in [1.82, 2.24) is 14.8 Å². The molecule has 2 heterocycles. The first-order valence-electron chi connectivity index (χ1n) is 11.2. The molecule has 170 valence electrons. The predicted octanol–water partition coefficient (Wildman–Crippen LogP) is 3.59. The Morgan fingerprint density at radius 2 is 1.48 bits per heavy atom. The summed E-state index contributed by atoms with van der Waals surface area (Å²) < 4.78 is 0. The highest BCUT2D eigenvalue weighted by Gasteiger charge is 2.25. The molecule has 1 saturated heterocycles. The Balaban J connectivity index is 0.000000189. The van der Waals surface area contributed by atoms with Gasteiger partial charge >= 0.3 is 0 Å². The first-order valence-corrected chi connectivity index (χ1v) is 11.2. The maximum Gasteiger partial charge on any atom is 0.219 e. The highest BCUT2D eigenvalue weighted by molar-refractivity contribution is 5.73. The lowest BCUT2D eigenvalue weighted by Crippen LogP contribution is -2.48. The number of pyridine rings is 1. The fourth-order valence-electron chi connectivity index (χ4n) is 4.04. The largest absolute Gasteiger partial charge is 0.340 e. The van der Waals surface area contributed by atoms with Crippen LogP contribution in [0.1, 0.15) is 35.6 Å². The zero-order valence-corrected chi connectivity index (χ0v) is 19.0. The number of hydrogen-bond acceptors (Lipinski definition) is 5. The van der Waals surface area contributed by atoms with Crippen molar-refractivity contribution in [3.63, 3.8) is 0 Å². The molecule has 1 atom stereocenters. The maximum atomic E-state index is 11.2. The van der Waals surface area contributed by atoms with Gasteiger partial charge in [-0.25, -0.2) is 0 Å². The Bertz CT molecular complexity index is 973. The van der Waals surface area contributed by atoms with E-state index in [-0.39, 0.29) is 11.9 Å². The smallest absolute Gasteiger partial charge is 0.219 e. The molecule has 1 aromatic heterocycles. The van der Waals surface area contributed by atoms with Crippen molar-refractivity contribution in [2.24, 2.45) is 5.73 Å². The standard InChI is InChI=1S/C14H15N.C13H16N4O/c15-11-14(12-7-3-1-4-8-12)13-9-5-2-6-10-13;1-11(18)16-5-7-17(8-6-16)13(9-14)12-3-2-4-15-10-12/h1-10,14H,11,15H2;2-4,10,13H,5-8H2,1H3. The molecule has 0 radical (unpaired) electrons. The molecule has 2 N–H and O–H groups in total. The van der Waals surface area contributed by atoms with Crippen molar-refractivity contribution in [3.05, 3.63) is 102 Å². The molecule has 4 rings (SSSR count). The summed E-state index contributed by atoms with van der Waals surface area (Å²) in [5.41, 5.74) is 9.32. The van der Waals surface area contributed by atoms with Crippen molar-refractivity contribution >= 4 is 5.91 Å². The van der Waals surface area contributed by atoms with Crippen LogP contribution in [0.15, 0.2) is 85.2 Å². The highest BCUT2D eigenvalue weighted by Crippen LogP contribution is 2.23. The Hall–Kier alpha value is -3.53. The van der Waals surface area contributed by atoms with Gasteiger partial charge in [0, 0.05) is 63.5 Å². The summed E-state index contributed by atoms with van der Waals surface area (Å²) in [5, 5.41) is 9.31. The lowest BCUT2D eigenvalue weighted by Gasteiger charge is -2.36. The molecule has 1 unspecified atom stereocenters. The van der Waals surface area contributed by atoms with Crippen molar-refractivity contribution in [3.8, 4) is 6.07 Å². The number of piperazine rings is 1. The fraction of sp³-hybridized carbons (Fsp3) is 0.296. The van der Waals surface area contributed by atoms with Gasteiger partial charge in [-0.15, -0.1) is 0 Å². The van der Waals surface area contributed by atoms with Crippen LogP contribution in [0, 0.1) is 11.3 Å². The Morgan fingerprint density at radius 3 is 1.91 bits per heavy atom. The van der Waals surface area contributed by atoms with E-state index in [1.807, 2.05) is 29.2 Å². The van der Waals surface area contributed by atoms with E-state index in [0.717, 1.165) is 18.7 Å². The zero-order valence-electron chi connectivity index (χ0n) is 19.0. The van der Waals surface area contributed by atoms with E-state index >= 15 is 0 Å². The number of carbonyl (C=O) groups is 1. The third-order valence-electron chi connectivity index (χ3n) is 5.89. The summed E-state index contributed by atoms with van der Waals surface area (Å²) in [5.74, 6) is 0.414. The third-order valence-corrected chi connectivity index (χ3v) is 5.89. The highest BCUT2D eigenvalue weighted by atomic mass is 16.2. The minimum Gasteiger partial charge on any atom is -0.340 e. The van der Waals surface area contributed by atoms with Gasteiger partial charge < -0.3 is 10.6 Å². The van der Waals surface area contributed by atoms with E-state index in [9.17, 15) is 10.1 Å². The minimum atomic E-state index is -0.271. The SMILES string of the molecule is CC(=O)N1CCN(C(C#N)c2cccnc2)CC1.NCC(c1ccccc1)c1ccccc1. The monoisotopic (exact) mass is 441 g/mol. The average Bonchev–Trinajstić information content (AvgIpc) is 2.88. The molecular formula is C27H31N5O. The summed E-state index contributed by atoms with van der Waals surface area (Å²) >= 11 is 0. The van der Waals surface area contributed by atoms with Gasteiger partial charge in [0.1, 0.15) is 6.04 Å². The number of nitrogens with zero attached hydrogens (tertiary/aromatic N) is 4. The fourth-order valence-corrected chi connectivity index (χ4v) is 4.04. The van der Waals surface area contributed by atoms with E-state index in [1.54, 1.807) is 19.3 Å². The van der Waals surface area contributed by atoms with Gasteiger partial charge in [-0.05, 0) is 17.2 Å². The van der Waals surface area contributed by atoms with Gasteiger partial charge in [0.15, 0.2) is 0 Å². The van der Waals surface area contributed by atoms with Crippen LogP contribution < -0.4 is 5.73 Å². The van der Waals surface area contributed by atoms with Crippen LogP contribution in [0.4, 0.5) is 0 Å². The number of carbonyl (C=O) groups excluding carboxylic acids is 1. The van der Waals surface area contributed by atoms with E-state index in [0.29, 0.717) is 25.6 Å². The number of nitriles is 1. The molecular weight excluding hydrogens is 410 g/mol. The summed E-state index contributed by atoms with van der Waals surface area (Å²) in [6.45, 7) is 5.06.